The lowest BCUT2D eigenvalue weighted by atomic mass is 10.1. The molecule has 3 rings (SSSR count). The van der Waals surface area contributed by atoms with E-state index in [0.29, 0.717) is 17.9 Å². The molecule has 0 saturated carbocycles. The smallest absolute Gasteiger partial charge is 0.335 e. The molecule has 0 unspecified atom stereocenters. The number of amides is 1. The molecule has 0 heterocycles. The van der Waals surface area contributed by atoms with Crippen LogP contribution >= 0.6 is 15.9 Å². The molecule has 0 aromatic heterocycles. The minimum Gasteiger partial charge on any atom is -0.488 e. The number of rotatable bonds is 10. The van der Waals surface area contributed by atoms with Crippen LogP contribution in [0.4, 0.5) is 0 Å². The SMILES string of the molecule is N#C/C(=C/c1cc(Br)ccc1OCc1ccc(C(=O)O)cc1)C(=O)NCCCc1ccccc1. The highest BCUT2D eigenvalue weighted by atomic mass is 79.9. The van der Waals surface area contributed by atoms with Crippen LogP contribution in [0, 0.1) is 11.3 Å². The van der Waals surface area contributed by atoms with E-state index in [1.54, 1.807) is 30.3 Å². The number of aromatic carboxylic acids is 1. The van der Waals surface area contributed by atoms with Crippen molar-refractivity contribution in [1.82, 2.24) is 5.32 Å². The highest BCUT2D eigenvalue weighted by Gasteiger charge is 2.12. The number of hydrogen-bond donors (Lipinski definition) is 2. The number of carbonyl (C=O) groups excluding carboxylic acids is 1. The van der Waals surface area contributed by atoms with Gasteiger partial charge in [-0.15, -0.1) is 0 Å². The van der Waals surface area contributed by atoms with E-state index in [-0.39, 0.29) is 17.7 Å². The normalized spacial score (nSPS) is 10.9. The molecule has 0 atom stereocenters. The predicted molar refractivity (Wildman–Crippen MR) is 133 cm³/mol. The highest BCUT2D eigenvalue weighted by Crippen LogP contribution is 2.26. The maximum atomic E-state index is 12.6. The second kappa shape index (κ2) is 12.4. The van der Waals surface area contributed by atoms with Gasteiger partial charge in [0.2, 0.25) is 0 Å². The number of carbonyl (C=O) groups is 2. The zero-order chi connectivity index (χ0) is 24.3. The molecule has 0 spiro atoms. The lowest BCUT2D eigenvalue weighted by molar-refractivity contribution is -0.117. The zero-order valence-corrected chi connectivity index (χ0v) is 19.9. The average Bonchev–Trinajstić information content (AvgIpc) is 2.85. The monoisotopic (exact) mass is 518 g/mol. The van der Waals surface area contributed by atoms with Crippen molar-refractivity contribution in [3.05, 3.63) is 105 Å². The van der Waals surface area contributed by atoms with Crippen LogP contribution < -0.4 is 10.1 Å². The minimum atomic E-state index is -0.991. The Balaban J connectivity index is 1.64. The number of ether oxygens (including phenoxy) is 1. The number of benzene rings is 3. The van der Waals surface area contributed by atoms with Gasteiger partial charge in [-0.05, 0) is 60.4 Å². The Bertz CT molecular complexity index is 1220. The first kappa shape index (κ1) is 24.7. The van der Waals surface area contributed by atoms with Gasteiger partial charge in [-0.2, -0.15) is 5.26 Å². The zero-order valence-electron chi connectivity index (χ0n) is 18.3. The number of aryl methyl sites for hydroxylation is 1. The molecule has 3 aromatic rings. The third-order valence-electron chi connectivity index (χ3n) is 5.00. The van der Waals surface area contributed by atoms with Crippen LogP contribution in [-0.2, 0) is 17.8 Å². The summed E-state index contributed by atoms with van der Waals surface area (Å²) in [7, 11) is 0. The summed E-state index contributed by atoms with van der Waals surface area (Å²) in [6.07, 6.45) is 3.10. The number of carboxylic acid groups (broad SMARTS) is 1. The number of carboxylic acids is 1. The van der Waals surface area contributed by atoms with Crippen molar-refractivity contribution in [1.29, 1.82) is 5.26 Å². The number of halogens is 1. The fourth-order valence-corrected chi connectivity index (χ4v) is 3.59. The Hall–Kier alpha value is -3.89. The van der Waals surface area contributed by atoms with Gasteiger partial charge in [0.1, 0.15) is 24.0 Å². The molecule has 0 aliphatic carbocycles. The minimum absolute atomic E-state index is 0.0199. The molecule has 0 fully saturated rings. The molecule has 3 aromatic carbocycles. The van der Waals surface area contributed by atoms with Gasteiger partial charge in [-0.25, -0.2) is 4.79 Å². The Kier molecular flexibility index (Phi) is 9.01. The Morgan fingerprint density at radius 1 is 1.03 bits per heavy atom. The summed E-state index contributed by atoms with van der Waals surface area (Å²) < 4.78 is 6.67. The summed E-state index contributed by atoms with van der Waals surface area (Å²) in [5.74, 6) is -0.934. The molecule has 0 bridgehead atoms. The molecular formula is C27H23BrN2O4. The van der Waals surface area contributed by atoms with Crippen molar-refractivity contribution >= 4 is 33.9 Å². The van der Waals surface area contributed by atoms with E-state index < -0.39 is 11.9 Å². The summed E-state index contributed by atoms with van der Waals surface area (Å²) in [6.45, 7) is 0.664. The van der Waals surface area contributed by atoms with E-state index in [0.717, 1.165) is 22.9 Å². The van der Waals surface area contributed by atoms with Gasteiger partial charge < -0.3 is 15.2 Å². The molecule has 1 amide bonds. The van der Waals surface area contributed by atoms with Crippen molar-refractivity contribution < 1.29 is 19.4 Å². The van der Waals surface area contributed by atoms with E-state index >= 15 is 0 Å². The van der Waals surface area contributed by atoms with Crippen molar-refractivity contribution in [2.75, 3.05) is 6.54 Å². The molecule has 0 aliphatic heterocycles. The van der Waals surface area contributed by atoms with Gasteiger partial charge in [0, 0.05) is 16.6 Å². The molecule has 6 nitrogen and oxygen atoms in total. The van der Waals surface area contributed by atoms with Crippen molar-refractivity contribution in [2.24, 2.45) is 0 Å². The predicted octanol–water partition coefficient (Wildman–Crippen LogP) is 5.38. The number of nitrogens with one attached hydrogen (secondary N) is 1. The van der Waals surface area contributed by atoms with Crippen LogP contribution in [0.5, 0.6) is 5.75 Å². The van der Waals surface area contributed by atoms with Gasteiger partial charge in [-0.3, -0.25) is 4.79 Å². The summed E-state index contributed by atoms with van der Waals surface area (Å²) in [6, 6.07) is 23.7. The standard InChI is InChI=1S/C27H23BrN2O4/c28-24-12-13-25(34-18-20-8-10-21(11-9-20)27(32)33)22(16-24)15-23(17-29)26(31)30-14-4-7-19-5-2-1-3-6-19/h1-3,5-6,8-13,15-16H,4,7,14,18H2,(H,30,31)(H,32,33)/b23-15-. The molecule has 0 aliphatic rings. The lowest BCUT2D eigenvalue weighted by Gasteiger charge is -2.11. The fourth-order valence-electron chi connectivity index (χ4n) is 3.21. The van der Waals surface area contributed by atoms with Crippen LogP contribution in [0.15, 0.2) is 82.8 Å². The van der Waals surface area contributed by atoms with Crippen molar-refractivity contribution in [3.63, 3.8) is 0 Å². The second-order valence-corrected chi connectivity index (χ2v) is 8.40. The van der Waals surface area contributed by atoms with Crippen LogP contribution in [-0.4, -0.2) is 23.5 Å². The second-order valence-electron chi connectivity index (χ2n) is 7.49. The average molecular weight is 519 g/mol. The van der Waals surface area contributed by atoms with Crippen LogP contribution in [0.3, 0.4) is 0 Å². The topological polar surface area (TPSA) is 99.4 Å². The molecule has 7 heteroatoms. The van der Waals surface area contributed by atoms with E-state index in [1.807, 2.05) is 36.4 Å². The first-order valence-corrected chi connectivity index (χ1v) is 11.4. The summed E-state index contributed by atoms with van der Waals surface area (Å²) >= 11 is 3.41. The summed E-state index contributed by atoms with van der Waals surface area (Å²) in [5.41, 5.74) is 2.74. The molecule has 172 valence electrons. The molecular weight excluding hydrogens is 496 g/mol. The first-order valence-electron chi connectivity index (χ1n) is 10.6. The summed E-state index contributed by atoms with van der Waals surface area (Å²) in [4.78, 5) is 23.6. The lowest BCUT2D eigenvalue weighted by Crippen LogP contribution is -2.25. The first-order chi connectivity index (χ1) is 16.5. The maximum Gasteiger partial charge on any atom is 0.335 e. The van der Waals surface area contributed by atoms with Gasteiger partial charge in [0.05, 0.1) is 5.56 Å². The third kappa shape index (κ3) is 7.32. The van der Waals surface area contributed by atoms with Crippen molar-refractivity contribution in [3.8, 4) is 11.8 Å². The van der Waals surface area contributed by atoms with E-state index in [4.69, 9.17) is 9.84 Å². The fraction of sp³-hybridized carbons (Fsp3) is 0.148. The van der Waals surface area contributed by atoms with Crippen molar-refractivity contribution in [2.45, 2.75) is 19.4 Å². The molecule has 34 heavy (non-hydrogen) atoms. The summed E-state index contributed by atoms with van der Waals surface area (Å²) in [5, 5.41) is 21.4. The van der Waals surface area contributed by atoms with E-state index in [2.05, 4.69) is 21.2 Å². The Morgan fingerprint density at radius 3 is 2.44 bits per heavy atom. The molecule has 0 saturated heterocycles. The highest BCUT2D eigenvalue weighted by molar-refractivity contribution is 9.10. The van der Waals surface area contributed by atoms with E-state index in [1.165, 1.54) is 23.8 Å². The van der Waals surface area contributed by atoms with Gasteiger partial charge in [0.25, 0.3) is 5.91 Å². The van der Waals surface area contributed by atoms with Gasteiger partial charge in [0.15, 0.2) is 0 Å². The Morgan fingerprint density at radius 2 is 1.76 bits per heavy atom. The third-order valence-corrected chi connectivity index (χ3v) is 5.50. The largest absolute Gasteiger partial charge is 0.488 e. The van der Waals surface area contributed by atoms with Gasteiger partial charge >= 0.3 is 5.97 Å². The number of hydrogen-bond acceptors (Lipinski definition) is 4. The van der Waals surface area contributed by atoms with Crippen LogP contribution in [0.25, 0.3) is 6.08 Å². The van der Waals surface area contributed by atoms with E-state index in [9.17, 15) is 14.9 Å². The quantitative estimate of drug-likeness (QED) is 0.213. The maximum absolute atomic E-state index is 12.6. The van der Waals surface area contributed by atoms with Crippen LogP contribution in [0.2, 0.25) is 0 Å². The molecule has 0 radical (unpaired) electrons. The van der Waals surface area contributed by atoms with Crippen LogP contribution in [0.1, 0.15) is 33.5 Å². The molecule has 2 N–H and O–H groups in total. The number of nitriles is 1. The van der Waals surface area contributed by atoms with Gasteiger partial charge in [-0.1, -0.05) is 58.4 Å². The number of nitrogens with zero attached hydrogens (tertiary/aromatic N) is 1. The Labute approximate surface area is 206 Å².